The summed E-state index contributed by atoms with van der Waals surface area (Å²) in [6.45, 7) is 0. The molecule has 3 nitrogen and oxygen atoms in total. The number of halogens is 1. The predicted molar refractivity (Wildman–Crippen MR) is 59.8 cm³/mol. The summed E-state index contributed by atoms with van der Waals surface area (Å²) in [6, 6.07) is 4.63. The van der Waals surface area contributed by atoms with E-state index in [9.17, 15) is 9.59 Å². The molecule has 0 unspecified atom stereocenters. The maximum atomic E-state index is 11.8. The van der Waals surface area contributed by atoms with Gasteiger partial charge in [0.05, 0.1) is 12.7 Å². The van der Waals surface area contributed by atoms with Crippen LogP contribution in [0.5, 0.6) is 0 Å². The molecule has 0 aliphatic heterocycles. The van der Waals surface area contributed by atoms with Crippen molar-refractivity contribution >= 4 is 23.4 Å². The fourth-order valence-corrected chi connectivity index (χ4v) is 1.78. The molecule has 2 rings (SSSR count). The molecule has 0 radical (unpaired) electrons. The number of hydrogen-bond donors (Lipinski definition) is 0. The van der Waals surface area contributed by atoms with Gasteiger partial charge in [0, 0.05) is 16.5 Å². The van der Waals surface area contributed by atoms with Crippen molar-refractivity contribution in [2.45, 2.75) is 12.8 Å². The number of hydrogen-bond acceptors (Lipinski definition) is 3. The quantitative estimate of drug-likeness (QED) is 0.601. The van der Waals surface area contributed by atoms with Gasteiger partial charge in [-0.15, -0.1) is 0 Å². The monoisotopic (exact) mass is 238 g/mol. The Kier molecular flexibility index (Phi) is 2.97. The molecule has 84 valence electrons. The zero-order chi connectivity index (χ0) is 11.7. The van der Waals surface area contributed by atoms with Gasteiger partial charge in [0.1, 0.15) is 0 Å². The summed E-state index contributed by atoms with van der Waals surface area (Å²) in [7, 11) is 1.30. The summed E-state index contributed by atoms with van der Waals surface area (Å²) >= 11 is 5.86. The lowest BCUT2D eigenvalue weighted by atomic mass is 10.0. The van der Waals surface area contributed by atoms with E-state index in [-0.39, 0.29) is 11.7 Å². The van der Waals surface area contributed by atoms with E-state index >= 15 is 0 Å². The third kappa shape index (κ3) is 2.25. The highest BCUT2D eigenvalue weighted by Crippen LogP contribution is 2.33. The molecule has 0 amide bonds. The Morgan fingerprint density at radius 3 is 2.44 bits per heavy atom. The van der Waals surface area contributed by atoms with Crippen molar-refractivity contribution in [3.8, 4) is 0 Å². The summed E-state index contributed by atoms with van der Waals surface area (Å²) in [5.41, 5.74) is 0.814. The molecule has 0 aromatic heterocycles. The van der Waals surface area contributed by atoms with Gasteiger partial charge in [-0.2, -0.15) is 0 Å². The number of benzene rings is 1. The minimum atomic E-state index is -0.479. The van der Waals surface area contributed by atoms with Crippen molar-refractivity contribution in [2.75, 3.05) is 7.11 Å². The molecule has 0 bridgehead atoms. The molecule has 16 heavy (non-hydrogen) atoms. The van der Waals surface area contributed by atoms with Gasteiger partial charge in [-0.1, -0.05) is 11.6 Å². The standard InChI is InChI=1S/C12H11ClO3/c1-16-12(15)9-4-8(5-10(13)6-9)11(14)7-2-3-7/h4-7H,2-3H2,1H3. The number of carbonyl (C=O) groups excluding carboxylic acids is 2. The van der Waals surface area contributed by atoms with Crippen molar-refractivity contribution in [1.29, 1.82) is 0 Å². The Morgan fingerprint density at radius 1 is 1.25 bits per heavy atom. The zero-order valence-electron chi connectivity index (χ0n) is 8.83. The summed E-state index contributed by atoms with van der Waals surface area (Å²) in [6.07, 6.45) is 1.86. The Morgan fingerprint density at radius 2 is 1.88 bits per heavy atom. The van der Waals surface area contributed by atoms with Crippen molar-refractivity contribution < 1.29 is 14.3 Å². The SMILES string of the molecule is COC(=O)c1cc(Cl)cc(C(=O)C2CC2)c1. The normalized spacial score (nSPS) is 14.6. The minimum absolute atomic E-state index is 0.0626. The van der Waals surface area contributed by atoms with E-state index in [1.165, 1.54) is 13.2 Å². The van der Waals surface area contributed by atoms with Crippen molar-refractivity contribution in [1.82, 2.24) is 0 Å². The second-order valence-corrected chi connectivity index (χ2v) is 4.30. The predicted octanol–water partition coefficient (Wildman–Crippen LogP) is 2.72. The van der Waals surface area contributed by atoms with Crippen molar-refractivity contribution in [3.63, 3.8) is 0 Å². The molecule has 0 heterocycles. The lowest BCUT2D eigenvalue weighted by Gasteiger charge is -2.04. The first kappa shape index (κ1) is 11.1. The van der Waals surface area contributed by atoms with Gasteiger partial charge >= 0.3 is 5.97 Å². The van der Waals surface area contributed by atoms with Crippen LogP contribution in [0, 0.1) is 5.92 Å². The molecule has 1 saturated carbocycles. The first-order valence-electron chi connectivity index (χ1n) is 5.05. The smallest absolute Gasteiger partial charge is 0.337 e. The van der Waals surface area contributed by atoms with E-state index in [0.29, 0.717) is 16.1 Å². The number of ketones is 1. The fraction of sp³-hybridized carbons (Fsp3) is 0.333. The molecule has 1 aliphatic rings. The van der Waals surface area contributed by atoms with E-state index in [1.54, 1.807) is 12.1 Å². The van der Waals surface area contributed by atoms with Crippen LogP contribution in [0.2, 0.25) is 5.02 Å². The van der Waals surface area contributed by atoms with Gasteiger partial charge in [-0.3, -0.25) is 4.79 Å². The van der Waals surface area contributed by atoms with Gasteiger partial charge in [0.15, 0.2) is 5.78 Å². The average molecular weight is 239 g/mol. The molecule has 1 aromatic carbocycles. The van der Waals surface area contributed by atoms with Crippen molar-refractivity contribution in [2.24, 2.45) is 5.92 Å². The van der Waals surface area contributed by atoms with Crippen LogP contribution >= 0.6 is 11.6 Å². The second kappa shape index (κ2) is 4.26. The first-order chi connectivity index (χ1) is 7.61. The lowest BCUT2D eigenvalue weighted by Crippen LogP contribution is -2.06. The molecule has 1 fully saturated rings. The Balaban J connectivity index is 2.34. The third-order valence-corrected chi connectivity index (χ3v) is 2.77. The Hall–Kier alpha value is -1.35. The number of esters is 1. The van der Waals surface area contributed by atoms with Crippen LogP contribution in [0.1, 0.15) is 33.6 Å². The summed E-state index contributed by atoms with van der Waals surface area (Å²) < 4.78 is 4.59. The third-order valence-electron chi connectivity index (χ3n) is 2.55. The zero-order valence-corrected chi connectivity index (χ0v) is 9.58. The summed E-state index contributed by atoms with van der Waals surface area (Å²) in [5.74, 6) is -0.302. The second-order valence-electron chi connectivity index (χ2n) is 3.86. The van der Waals surface area contributed by atoms with Crippen LogP contribution in [-0.2, 0) is 4.74 Å². The summed E-state index contributed by atoms with van der Waals surface area (Å²) in [5, 5.41) is 0.381. The number of carbonyl (C=O) groups is 2. The van der Waals surface area contributed by atoms with Gasteiger partial charge in [0.2, 0.25) is 0 Å². The molecule has 1 aliphatic carbocycles. The fourth-order valence-electron chi connectivity index (χ4n) is 1.55. The minimum Gasteiger partial charge on any atom is -0.465 e. The van der Waals surface area contributed by atoms with Crippen LogP contribution in [0.3, 0.4) is 0 Å². The van der Waals surface area contributed by atoms with Crippen molar-refractivity contribution in [3.05, 3.63) is 34.3 Å². The van der Waals surface area contributed by atoms with Crippen LogP contribution in [-0.4, -0.2) is 18.9 Å². The molecule has 1 aromatic rings. The molecule has 4 heteroatoms. The van der Waals surface area contributed by atoms with Crippen LogP contribution in [0.25, 0.3) is 0 Å². The lowest BCUT2D eigenvalue weighted by molar-refractivity contribution is 0.0600. The summed E-state index contributed by atoms with van der Waals surface area (Å²) in [4.78, 5) is 23.1. The molecule has 0 saturated heterocycles. The maximum absolute atomic E-state index is 11.8. The highest BCUT2D eigenvalue weighted by molar-refractivity contribution is 6.31. The molecule has 0 atom stereocenters. The Labute approximate surface area is 98.4 Å². The van der Waals surface area contributed by atoms with E-state index in [0.717, 1.165) is 12.8 Å². The number of Topliss-reactive ketones (excluding diaryl/α,β-unsaturated/α-hetero) is 1. The topological polar surface area (TPSA) is 43.4 Å². The molecule has 0 spiro atoms. The van der Waals surface area contributed by atoms with Gasteiger partial charge in [-0.25, -0.2) is 4.79 Å². The molecule has 0 N–H and O–H groups in total. The van der Waals surface area contributed by atoms with E-state index in [4.69, 9.17) is 11.6 Å². The average Bonchev–Trinajstić information content (AvgIpc) is 3.10. The van der Waals surface area contributed by atoms with E-state index in [1.807, 2.05) is 0 Å². The highest BCUT2D eigenvalue weighted by Gasteiger charge is 2.30. The Bertz CT molecular complexity index is 450. The maximum Gasteiger partial charge on any atom is 0.337 e. The largest absolute Gasteiger partial charge is 0.465 e. The highest BCUT2D eigenvalue weighted by atomic mass is 35.5. The van der Waals surface area contributed by atoms with Gasteiger partial charge in [0.25, 0.3) is 0 Å². The number of methoxy groups -OCH3 is 1. The number of ether oxygens (including phenoxy) is 1. The van der Waals surface area contributed by atoms with E-state index < -0.39 is 5.97 Å². The molecular weight excluding hydrogens is 228 g/mol. The van der Waals surface area contributed by atoms with Crippen LogP contribution in [0.4, 0.5) is 0 Å². The number of rotatable bonds is 3. The van der Waals surface area contributed by atoms with E-state index in [2.05, 4.69) is 4.74 Å². The molecular formula is C12H11ClO3. The van der Waals surface area contributed by atoms with Gasteiger partial charge in [-0.05, 0) is 31.0 Å². The van der Waals surface area contributed by atoms with Crippen LogP contribution in [0.15, 0.2) is 18.2 Å². The van der Waals surface area contributed by atoms with Crippen LogP contribution < -0.4 is 0 Å². The first-order valence-corrected chi connectivity index (χ1v) is 5.42. The van der Waals surface area contributed by atoms with Gasteiger partial charge < -0.3 is 4.74 Å².